The number of hydrogen-bond acceptors (Lipinski definition) is 2. The van der Waals surface area contributed by atoms with Gasteiger partial charge in [0.15, 0.2) is 0 Å². The van der Waals surface area contributed by atoms with Gasteiger partial charge in [0.2, 0.25) is 0 Å². The molecule has 2 aromatic rings. The molecule has 3 rings (SSSR count). The maximum absolute atomic E-state index is 13.6. The molecule has 0 atom stereocenters. The van der Waals surface area contributed by atoms with E-state index < -0.39 is 8.07 Å². The van der Waals surface area contributed by atoms with Crippen LogP contribution < -0.4 is 0 Å². The van der Waals surface area contributed by atoms with Crippen molar-refractivity contribution < 1.29 is 9.13 Å². The maximum atomic E-state index is 13.6. The molecule has 3 nitrogen and oxygen atoms in total. The Kier molecular flexibility index (Phi) is 5.70. The lowest BCUT2D eigenvalue weighted by atomic mass is 10.1. The first-order valence-corrected chi connectivity index (χ1v) is 13.7. The molecule has 0 bridgehead atoms. The second-order valence-corrected chi connectivity index (χ2v) is 14.8. The number of halogens is 2. The van der Waals surface area contributed by atoms with E-state index in [-0.39, 0.29) is 5.82 Å². The zero-order valence-electron chi connectivity index (χ0n) is 15.4. The molecule has 0 N–H and O–H groups in total. The molecule has 1 fully saturated rings. The number of nitrogens with zero attached hydrogens (tertiary/aromatic N) is 2. The summed E-state index contributed by atoms with van der Waals surface area (Å²) in [5.74, 6) is 0.422. The molecule has 1 aliphatic carbocycles. The van der Waals surface area contributed by atoms with E-state index in [4.69, 9.17) is 9.84 Å². The highest BCUT2D eigenvalue weighted by atomic mass is 127. The van der Waals surface area contributed by atoms with Crippen LogP contribution in [0.2, 0.25) is 25.7 Å². The highest BCUT2D eigenvalue weighted by molar-refractivity contribution is 14.1. The van der Waals surface area contributed by atoms with Crippen LogP contribution in [0.5, 0.6) is 0 Å². The Balaban J connectivity index is 1.82. The highest BCUT2D eigenvalue weighted by Crippen LogP contribution is 2.44. The van der Waals surface area contributed by atoms with Gasteiger partial charge < -0.3 is 4.74 Å². The van der Waals surface area contributed by atoms with Crippen molar-refractivity contribution in [1.82, 2.24) is 9.78 Å². The van der Waals surface area contributed by atoms with Crippen molar-refractivity contribution in [3.63, 3.8) is 0 Å². The summed E-state index contributed by atoms with van der Waals surface area (Å²) < 4.78 is 22.7. The molecule has 136 valence electrons. The van der Waals surface area contributed by atoms with Crippen LogP contribution in [0.4, 0.5) is 4.39 Å². The Morgan fingerprint density at radius 2 is 2.04 bits per heavy atom. The zero-order valence-corrected chi connectivity index (χ0v) is 18.6. The molecule has 0 saturated heterocycles. The Labute approximate surface area is 164 Å². The molecule has 1 heterocycles. The molecule has 1 aliphatic rings. The Bertz CT molecular complexity index is 766. The van der Waals surface area contributed by atoms with Crippen molar-refractivity contribution in [3.05, 3.63) is 38.8 Å². The topological polar surface area (TPSA) is 27.1 Å². The lowest BCUT2D eigenvalue weighted by molar-refractivity contribution is 0.0765. The molecular weight excluding hydrogens is 446 g/mol. The molecule has 1 aromatic carbocycles. The fraction of sp³-hybridized carbons (Fsp3) is 0.526. The van der Waals surface area contributed by atoms with E-state index in [2.05, 4.69) is 42.2 Å². The van der Waals surface area contributed by atoms with Crippen LogP contribution in [-0.2, 0) is 11.5 Å². The maximum Gasteiger partial charge on any atom is 0.139 e. The number of rotatable bonds is 7. The molecule has 25 heavy (non-hydrogen) atoms. The van der Waals surface area contributed by atoms with E-state index >= 15 is 0 Å². The molecule has 0 spiro atoms. The smallest absolute Gasteiger partial charge is 0.139 e. The first kappa shape index (κ1) is 19.0. The summed E-state index contributed by atoms with van der Waals surface area (Å²) in [6.07, 6.45) is 2.44. The SMILES string of the molecule is Cc1cc(-c2nn(COCC[Si](C)(C)C)c(C3CC3)c2I)ccc1F. The summed E-state index contributed by atoms with van der Waals surface area (Å²) in [4.78, 5) is 0. The monoisotopic (exact) mass is 472 g/mol. The lowest BCUT2D eigenvalue weighted by Crippen LogP contribution is -2.22. The molecule has 0 aliphatic heterocycles. The molecule has 1 aromatic heterocycles. The van der Waals surface area contributed by atoms with Crippen molar-refractivity contribution in [2.24, 2.45) is 0 Å². The minimum absolute atomic E-state index is 0.171. The highest BCUT2D eigenvalue weighted by Gasteiger charge is 2.32. The first-order chi connectivity index (χ1) is 11.8. The first-order valence-electron chi connectivity index (χ1n) is 8.87. The van der Waals surface area contributed by atoms with E-state index in [1.807, 2.05) is 16.8 Å². The van der Waals surface area contributed by atoms with Crippen molar-refractivity contribution in [2.45, 2.75) is 58.1 Å². The largest absolute Gasteiger partial charge is 0.360 e. The third kappa shape index (κ3) is 4.71. The average Bonchev–Trinajstić information content (AvgIpc) is 3.30. The molecule has 0 radical (unpaired) electrons. The summed E-state index contributed by atoms with van der Waals surface area (Å²) >= 11 is 2.39. The number of ether oxygens (including phenoxy) is 1. The molecule has 1 saturated carbocycles. The summed E-state index contributed by atoms with van der Waals surface area (Å²) in [5.41, 5.74) is 3.86. The minimum atomic E-state index is -1.08. The molecule has 0 unspecified atom stereocenters. The van der Waals surface area contributed by atoms with Gasteiger partial charge in [-0.15, -0.1) is 0 Å². The molecule has 0 amide bonds. The van der Waals surface area contributed by atoms with Gasteiger partial charge in [-0.25, -0.2) is 9.07 Å². The summed E-state index contributed by atoms with van der Waals surface area (Å²) in [7, 11) is -1.08. The van der Waals surface area contributed by atoms with Gasteiger partial charge in [-0.3, -0.25) is 0 Å². The van der Waals surface area contributed by atoms with Crippen LogP contribution in [0.25, 0.3) is 11.3 Å². The van der Waals surface area contributed by atoms with Crippen molar-refractivity contribution >= 4 is 30.7 Å². The number of hydrogen-bond donors (Lipinski definition) is 0. The normalized spacial score (nSPS) is 15.0. The van der Waals surface area contributed by atoms with Gasteiger partial charge in [-0.2, -0.15) is 5.10 Å². The number of aromatic nitrogens is 2. The third-order valence-corrected chi connectivity index (χ3v) is 7.30. The van der Waals surface area contributed by atoms with Gasteiger partial charge in [0, 0.05) is 26.2 Å². The molecular formula is C19H26FIN2OSi. The van der Waals surface area contributed by atoms with Crippen LogP contribution in [0, 0.1) is 16.3 Å². The van der Waals surface area contributed by atoms with Gasteiger partial charge in [-0.1, -0.05) is 19.6 Å². The van der Waals surface area contributed by atoms with Crippen molar-refractivity contribution in [1.29, 1.82) is 0 Å². The fourth-order valence-electron chi connectivity index (χ4n) is 2.80. The standard InChI is InChI=1S/C19H26FIN2OSi/c1-13-11-15(7-8-16(13)20)18-17(21)19(14-5-6-14)23(22-18)12-24-9-10-25(2,3)4/h7-8,11,14H,5-6,9-10,12H2,1-4H3. The summed E-state index contributed by atoms with van der Waals surface area (Å²) in [5, 5.41) is 4.82. The predicted molar refractivity (Wildman–Crippen MR) is 111 cm³/mol. The van der Waals surface area contributed by atoms with E-state index in [1.54, 1.807) is 6.92 Å². The fourth-order valence-corrected chi connectivity index (χ4v) is 4.70. The van der Waals surface area contributed by atoms with Gasteiger partial charge in [0.25, 0.3) is 0 Å². The van der Waals surface area contributed by atoms with E-state index in [1.165, 1.54) is 28.2 Å². The third-order valence-electron chi connectivity index (χ3n) is 4.54. The van der Waals surface area contributed by atoms with Crippen LogP contribution in [0.3, 0.4) is 0 Å². The Hall–Kier alpha value is -0.733. The summed E-state index contributed by atoms with van der Waals surface area (Å²) in [6.45, 7) is 10.2. The van der Waals surface area contributed by atoms with Crippen molar-refractivity contribution in [3.8, 4) is 11.3 Å². The zero-order chi connectivity index (χ0) is 18.2. The summed E-state index contributed by atoms with van der Waals surface area (Å²) in [6, 6.07) is 6.39. The Morgan fingerprint density at radius 1 is 1.32 bits per heavy atom. The van der Waals surface area contributed by atoms with Crippen LogP contribution in [0.15, 0.2) is 18.2 Å². The van der Waals surface area contributed by atoms with E-state index in [0.717, 1.165) is 23.9 Å². The Morgan fingerprint density at radius 3 is 2.64 bits per heavy atom. The van der Waals surface area contributed by atoms with Gasteiger partial charge in [0.05, 0.1) is 9.26 Å². The van der Waals surface area contributed by atoms with Crippen LogP contribution >= 0.6 is 22.6 Å². The van der Waals surface area contributed by atoms with Gasteiger partial charge in [-0.05, 0) is 72.2 Å². The average molecular weight is 472 g/mol. The second-order valence-electron chi connectivity index (χ2n) is 8.13. The van der Waals surface area contributed by atoms with Crippen LogP contribution in [-0.4, -0.2) is 24.5 Å². The number of aryl methyl sites for hydroxylation is 1. The van der Waals surface area contributed by atoms with E-state index in [9.17, 15) is 4.39 Å². The predicted octanol–water partition coefficient (Wildman–Crippen LogP) is 5.79. The van der Waals surface area contributed by atoms with Crippen molar-refractivity contribution in [2.75, 3.05) is 6.61 Å². The number of benzene rings is 1. The quantitative estimate of drug-likeness (QED) is 0.290. The van der Waals surface area contributed by atoms with E-state index in [0.29, 0.717) is 18.2 Å². The van der Waals surface area contributed by atoms with Gasteiger partial charge >= 0.3 is 0 Å². The second kappa shape index (κ2) is 7.48. The van der Waals surface area contributed by atoms with Crippen LogP contribution in [0.1, 0.15) is 30.0 Å². The lowest BCUT2D eigenvalue weighted by Gasteiger charge is -2.15. The minimum Gasteiger partial charge on any atom is -0.360 e. The molecule has 6 heteroatoms. The van der Waals surface area contributed by atoms with Gasteiger partial charge in [0.1, 0.15) is 18.2 Å².